The van der Waals surface area contributed by atoms with E-state index >= 15 is 0 Å². The topological polar surface area (TPSA) is 49.3 Å². The van der Waals surface area contributed by atoms with Gasteiger partial charge < -0.3 is 5.32 Å². The van der Waals surface area contributed by atoms with Crippen molar-refractivity contribution in [3.8, 4) is 0 Å². The van der Waals surface area contributed by atoms with Gasteiger partial charge in [0.05, 0.1) is 11.4 Å². The molecule has 0 aliphatic rings. The zero-order chi connectivity index (χ0) is 14.4. The zero-order valence-electron chi connectivity index (χ0n) is 10.8. The molecule has 0 spiro atoms. The highest BCUT2D eigenvalue weighted by atomic mass is 79.9. The van der Waals surface area contributed by atoms with E-state index in [1.807, 2.05) is 49.4 Å². The molecule has 0 atom stereocenters. The highest BCUT2D eigenvalue weighted by molar-refractivity contribution is 9.10. The number of anilines is 1. The fourth-order valence-electron chi connectivity index (χ4n) is 1.49. The molecule has 20 heavy (non-hydrogen) atoms. The molecule has 0 unspecified atom stereocenters. The number of nitrogens with zero attached hydrogens (tertiary/aromatic N) is 2. The Kier molecular flexibility index (Phi) is 5.20. The van der Waals surface area contributed by atoms with E-state index in [1.165, 1.54) is 0 Å². The second kappa shape index (κ2) is 7.12. The normalized spacial score (nSPS) is 11.0. The Hall–Kier alpha value is -1.79. The molecule has 2 rings (SSSR count). The fourth-order valence-corrected chi connectivity index (χ4v) is 2.06. The van der Waals surface area contributed by atoms with Gasteiger partial charge in [0.15, 0.2) is 5.11 Å². The van der Waals surface area contributed by atoms with Crippen LogP contribution in [0.4, 0.5) is 5.69 Å². The average molecular weight is 349 g/mol. The van der Waals surface area contributed by atoms with Gasteiger partial charge in [-0.2, -0.15) is 5.10 Å². The first-order chi connectivity index (χ1) is 9.65. The standard InChI is InChI=1S/C14H13BrN4S/c1-10(13-7-2-3-8-16-13)18-19-14(20)17-12-6-4-5-11(15)9-12/h2-9H,1H3,(H2,17,19,20)/b18-10+. The maximum absolute atomic E-state index is 5.18. The summed E-state index contributed by atoms with van der Waals surface area (Å²) in [7, 11) is 0. The highest BCUT2D eigenvalue weighted by Crippen LogP contribution is 2.15. The summed E-state index contributed by atoms with van der Waals surface area (Å²) in [5, 5.41) is 7.68. The van der Waals surface area contributed by atoms with Crippen LogP contribution in [-0.4, -0.2) is 15.8 Å². The molecule has 0 aliphatic carbocycles. The van der Waals surface area contributed by atoms with Crippen LogP contribution in [0.3, 0.4) is 0 Å². The third-order valence-electron chi connectivity index (χ3n) is 2.44. The molecule has 1 heterocycles. The lowest BCUT2D eigenvalue weighted by Crippen LogP contribution is -2.25. The van der Waals surface area contributed by atoms with Crippen LogP contribution in [0.5, 0.6) is 0 Å². The van der Waals surface area contributed by atoms with Crippen molar-refractivity contribution in [1.29, 1.82) is 0 Å². The molecule has 0 radical (unpaired) electrons. The van der Waals surface area contributed by atoms with Gasteiger partial charge >= 0.3 is 0 Å². The summed E-state index contributed by atoms with van der Waals surface area (Å²) in [5.74, 6) is 0. The van der Waals surface area contributed by atoms with Gasteiger partial charge in [-0.3, -0.25) is 10.4 Å². The van der Waals surface area contributed by atoms with Crippen LogP contribution in [-0.2, 0) is 0 Å². The van der Waals surface area contributed by atoms with Crippen LogP contribution in [0.15, 0.2) is 58.2 Å². The van der Waals surface area contributed by atoms with Crippen molar-refractivity contribution >= 4 is 44.7 Å². The van der Waals surface area contributed by atoms with Crippen LogP contribution in [0, 0.1) is 0 Å². The van der Waals surface area contributed by atoms with Gasteiger partial charge in [0.1, 0.15) is 0 Å². The summed E-state index contributed by atoms with van der Waals surface area (Å²) < 4.78 is 0.985. The maximum Gasteiger partial charge on any atom is 0.191 e. The lowest BCUT2D eigenvalue weighted by atomic mass is 10.3. The summed E-state index contributed by atoms with van der Waals surface area (Å²) in [5.41, 5.74) is 5.27. The van der Waals surface area contributed by atoms with Crippen molar-refractivity contribution in [2.24, 2.45) is 5.10 Å². The smallest absolute Gasteiger partial charge is 0.191 e. The molecule has 1 aromatic carbocycles. The number of hydrogen-bond acceptors (Lipinski definition) is 3. The first-order valence-electron chi connectivity index (χ1n) is 5.93. The third kappa shape index (κ3) is 4.40. The summed E-state index contributed by atoms with van der Waals surface area (Å²) in [6, 6.07) is 13.4. The molecule has 0 fully saturated rings. The van der Waals surface area contributed by atoms with E-state index in [0.29, 0.717) is 5.11 Å². The number of halogens is 1. The van der Waals surface area contributed by atoms with Gasteiger partial charge in [0.2, 0.25) is 0 Å². The number of hydrogen-bond donors (Lipinski definition) is 2. The lowest BCUT2D eigenvalue weighted by molar-refractivity contribution is 1.03. The monoisotopic (exact) mass is 348 g/mol. The summed E-state index contributed by atoms with van der Waals surface area (Å²) in [4.78, 5) is 4.21. The molecule has 0 amide bonds. The van der Waals surface area contributed by atoms with Crippen LogP contribution in [0.25, 0.3) is 0 Å². The number of thiocarbonyl (C=S) groups is 1. The molecule has 1 aromatic heterocycles. The predicted molar refractivity (Wildman–Crippen MR) is 89.9 cm³/mol. The van der Waals surface area contributed by atoms with Gasteiger partial charge in [-0.25, -0.2) is 0 Å². The molecule has 6 heteroatoms. The van der Waals surface area contributed by atoms with Crippen LogP contribution in [0.1, 0.15) is 12.6 Å². The van der Waals surface area contributed by atoms with Gasteiger partial charge in [0.25, 0.3) is 0 Å². The quantitative estimate of drug-likeness (QED) is 0.505. The van der Waals surface area contributed by atoms with E-state index in [2.05, 4.69) is 36.8 Å². The van der Waals surface area contributed by atoms with Crippen molar-refractivity contribution in [2.75, 3.05) is 5.32 Å². The van der Waals surface area contributed by atoms with E-state index in [0.717, 1.165) is 21.6 Å². The highest BCUT2D eigenvalue weighted by Gasteiger charge is 1.99. The van der Waals surface area contributed by atoms with Crippen molar-refractivity contribution in [1.82, 2.24) is 10.4 Å². The molecule has 0 saturated heterocycles. The number of pyridine rings is 1. The molecule has 4 nitrogen and oxygen atoms in total. The summed E-state index contributed by atoms with van der Waals surface area (Å²) >= 11 is 8.59. The average Bonchev–Trinajstić information content (AvgIpc) is 2.46. The molecule has 0 bridgehead atoms. The van der Waals surface area contributed by atoms with E-state index in [1.54, 1.807) is 6.20 Å². The molecule has 2 aromatic rings. The SMILES string of the molecule is C/C(=N\NC(=S)Nc1cccc(Br)c1)c1ccccn1. The molecular weight excluding hydrogens is 336 g/mol. The van der Waals surface area contributed by atoms with Crippen LogP contribution in [0.2, 0.25) is 0 Å². The van der Waals surface area contributed by atoms with Gasteiger partial charge in [-0.1, -0.05) is 28.1 Å². The fraction of sp³-hybridized carbons (Fsp3) is 0.0714. The Morgan fingerprint density at radius 2 is 2.10 bits per heavy atom. The van der Waals surface area contributed by atoms with Crippen LogP contribution < -0.4 is 10.7 Å². The van der Waals surface area contributed by atoms with E-state index in [4.69, 9.17) is 12.2 Å². The Bertz CT molecular complexity index is 628. The van der Waals surface area contributed by atoms with Crippen molar-refractivity contribution < 1.29 is 0 Å². The number of hydrazone groups is 1. The summed E-state index contributed by atoms with van der Waals surface area (Å²) in [6.45, 7) is 1.87. The van der Waals surface area contributed by atoms with Gasteiger partial charge in [0, 0.05) is 16.4 Å². The zero-order valence-corrected chi connectivity index (χ0v) is 13.2. The number of rotatable bonds is 3. The molecular formula is C14H13BrN4S. The lowest BCUT2D eigenvalue weighted by Gasteiger charge is -2.08. The van der Waals surface area contributed by atoms with E-state index < -0.39 is 0 Å². The van der Waals surface area contributed by atoms with Crippen LogP contribution >= 0.6 is 28.1 Å². The Balaban J connectivity index is 1.95. The first-order valence-corrected chi connectivity index (χ1v) is 7.13. The van der Waals surface area contributed by atoms with Gasteiger partial charge in [-0.05, 0) is 49.5 Å². The number of benzene rings is 1. The second-order valence-corrected chi connectivity index (χ2v) is 5.31. The number of aromatic nitrogens is 1. The van der Waals surface area contributed by atoms with Crippen molar-refractivity contribution in [3.05, 3.63) is 58.8 Å². The Labute approximate surface area is 131 Å². The number of nitrogens with one attached hydrogen (secondary N) is 2. The minimum absolute atomic E-state index is 0.429. The maximum atomic E-state index is 5.18. The summed E-state index contributed by atoms with van der Waals surface area (Å²) in [6.07, 6.45) is 1.73. The Morgan fingerprint density at radius 3 is 2.80 bits per heavy atom. The molecule has 102 valence electrons. The van der Waals surface area contributed by atoms with Gasteiger partial charge in [-0.15, -0.1) is 0 Å². The van der Waals surface area contributed by atoms with Crippen molar-refractivity contribution in [3.63, 3.8) is 0 Å². The minimum atomic E-state index is 0.429. The minimum Gasteiger partial charge on any atom is -0.331 e. The Morgan fingerprint density at radius 1 is 1.25 bits per heavy atom. The molecule has 0 aliphatic heterocycles. The van der Waals surface area contributed by atoms with E-state index in [-0.39, 0.29) is 0 Å². The first kappa shape index (κ1) is 14.6. The third-order valence-corrected chi connectivity index (χ3v) is 3.13. The van der Waals surface area contributed by atoms with Crippen molar-refractivity contribution in [2.45, 2.75) is 6.92 Å². The largest absolute Gasteiger partial charge is 0.331 e. The predicted octanol–water partition coefficient (Wildman–Crippen LogP) is 3.55. The second-order valence-electron chi connectivity index (χ2n) is 3.99. The molecule has 0 saturated carbocycles. The van der Waals surface area contributed by atoms with E-state index in [9.17, 15) is 0 Å². The molecule has 2 N–H and O–H groups in total.